The molecule has 0 N–H and O–H groups in total. The smallest absolute Gasteiger partial charge is 0.258 e. The first-order chi connectivity index (χ1) is 14.3. The van der Waals surface area contributed by atoms with Crippen LogP contribution in [0.4, 0.5) is 5.69 Å². The summed E-state index contributed by atoms with van der Waals surface area (Å²) in [6.07, 6.45) is 1.76. The Balaban J connectivity index is 0.000000343. The van der Waals surface area contributed by atoms with Crippen molar-refractivity contribution < 1.29 is 24.6 Å². The molecule has 0 aliphatic carbocycles. The Morgan fingerprint density at radius 3 is 2.03 bits per heavy atom. The molecule has 7 nitrogen and oxygen atoms in total. The number of likely N-dealkylation sites (tertiary alicyclic amines) is 1. The number of likely N-dealkylation sites (N-methyl/N-ethyl adjacent to an activating group) is 1. The maximum atomic E-state index is 13.0. The maximum absolute atomic E-state index is 13.0. The molecule has 30 heavy (non-hydrogen) atoms. The molecule has 1 atom stereocenters. The summed E-state index contributed by atoms with van der Waals surface area (Å²) in [5.41, 5.74) is 1.62. The monoisotopic (exact) mass is 428 g/mol. The summed E-state index contributed by atoms with van der Waals surface area (Å²) in [6.45, 7) is 1.91. The van der Waals surface area contributed by atoms with Gasteiger partial charge in [0.1, 0.15) is 0 Å². The first kappa shape index (κ1) is 23.1. The van der Waals surface area contributed by atoms with Crippen LogP contribution in [0.1, 0.15) is 16.8 Å². The Morgan fingerprint density at radius 1 is 1.00 bits per heavy atom. The fourth-order valence-electron chi connectivity index (χ4n) is 3.07. The molecule has 158 valence electrons. The molecular weight excluding hydrogens is 408 g/mol. The van der Waals surface area contributed by atoms with Crippen molar-refractivity contribution in [3.8, 4) is 0 Å². The molecule has 2 aromatic carbocycles. The van der Waals surface area contributed by atoms with Crippen LogP contribution in [0.5, 0.6) is 0 Å². The second kappa shape index (κ2) is 11.1. The predicted octanol–water partition coefficient (Wildman–Crippen LogP) is 0.733. The SMILES string of the molecule is CN1CCC(N(C(=O)c2ccc(Cl)cc2)c2ccccc2)C1.O=C([O-])/C=C/C(=O)[O-]. The van der Waals surface area contributed by atoms with E-state index < -0.39 is 11.9 Å². The van der Waals surface area contributed by atoms with Crippen LogP contribution >= 0.6 is 11.6 Å². The molecule has 1 heterocycles. The summed E-state index contributed by atoms with van der Waals surface area (Å²) >= 11 is 5.93. The third-order valence-corrected chi connectivity index (χ3v) is 4.68. The van der Waals surface area contributed by atoms with Crippen LogP contribution in [0.3, 0.4) is 0 Å². The zero-order valence-electron chi connectivity index (χ0n) is 16.4. The number of carbonyl (C=O) groups is 3. The van der Waals surface area contributed by atoms with Crippen molar-refractivity contribution in [3.63, 3.8) is 0 Å². The lowest BCUT2D eigenvalue weighted by Crippen LogP contribution is -2.42. The lowest BCUT2D eigenvalue weighted by atomic mass is 10.1. The summed E-state index contributed by atoms with van der Waals surface area (Å²) in [5.74, 6) is -3.06. The van der Waals surface area contributed by atoms with Crippen molar-refractivity contribution >= 4 is 35.1 Å². The third kappa shape index (κ3) is 7.02. The molecular formula is C22H21ClN2O5-2. The molecule has 1 aliphatic heterocycles. The first-order valence-electron chi connectivity index (χ1n) is 9.20. The van der Waals surface area contributed by atoms with Gasteiger partial charge in [-0.25, -0.2) is 0 Å². The zero-order valence-corrected chi connectivity index (χ0v) is 17.1. The number of nitrogens with zero attached hydrogens (tertiary/aromatic N) is 2. The van der Waals surface area contributed by atoms with Crippen molar-refractivity contribution in [1.82, 2.24) is 4.90 Å². The third-order valence-electron chi connectivity index (χ3n) is 4.43. The van der Waals surface area contributed by atoms with Gasteiger partial charge in [0, 0.05) is 22.8 Å². The van der Waals surface area contributed by atoms with Crippen molar-refractivity contribution in [2.24, 2.45) is 0 Å². The Bertz CT molecular complexity index is 884. The topological polar surface area (TPSA) is 104 Å². The summed E-state index contributed by atoms with van der Waals surface area (Å²) in [4.78, 5) is 36.0. The quantitative estimate of drug-likeness (QED) is 0.650. The molecule has 2 aromatic rings. The summed E-state index contributed by atoms with van der Waals surface area (Å²) in [7, 11) is 2.09. The molecule has 1 unspecified atom stereocenters. The van der Waals surface area contributed by atoms with Crippen LogP contribution in [0.25, 0.3) is 0 Å². The van der Waals surface area contributed by atoms with Crippen LogP contribution in [0, 0.1) is 0 Å². The van der Waals surface area contributed by atoms with E-state index in [2.05, 4.69) is 11.9 Å². The second-order valence-corrected chi connectivity index (χ2v) is 7.13. The van der Waals surface area contributed by atoms with E-state index in [1.54, 1.807) is 24.3 Å². The molecule has 1 aliphatic rings. The van der Waals surface area contributed by atoms with Gasteiger partial charge in [0.05, 0.1) is 18.0 Å². The number of halogens is 1. The Hall–Kier alpha value is -3.16. The van der Waals surface area contributed by atoms with E-state index in [1.165, 1.54) is 0 Å². The van der Waals surface area contributed by atoms with Crippen molar-refractivity contribution in [2.75, 3.05) is 25.0 Å². The van der Waals surface area contributed by atoms with Gasteiger partial charge in [-0.2, -0.15) is 0 Å². The van der Waals surface area contributed by atoms with Gasteiger partial charge in [0.25, 0.3) is 5.91 Å². The van der Waals surface area contributed by atoms with Gasteiger partial charge in [-0.1, -0.05) is 29.8 Å². The zero-order chi connectivity index (χ0) is 22.1. The molecule has 0 saturated carbocycles. The largest absolute Gasteiger partial charge is 0.545 e. The highest BCUT2D eigenvalue weighted by atomic mass is 35.5. The van der Waals surface area contributed by atoms with E-state index in [0.717, 1.165) is 25.2 Å². The Labute approximate surface area is 179 Å². The van der Waals surface area contributed by atoms with Crippen LogP contribution in [0.15, 0.2) is 66.7 Å². The average molecular weight is 429 g/mol. The molecule has 0 radical (unpaired) electrons. The summed E-state index contributed by atoms with van der Waals surface area (Å²) < 4.78 is 0. The van der Waals surface area contributed by atoms with E-state index in [-0.39, 0.29) is 11.9 Å². The van der Waals surface area contributed by atoms with Crippen molar-refractivity contribution in [3.05, 3.63) is 77.3 Å². The van der Waals surface area contributed by atoms with Gasteiger partial charge in [-0.3, -0.25) is 4.79 Å². The average Bonchev–Trinajstić information content (AvgIpc) is 3.14. The van der Waals surface area contributed by atoms with Crippen LogP contribution in [-0.4, -0.2) is 48.9 Å². The molecule has 1 amide bonds. The fourth-order valence-corrected chi connectivity index (χ4v) is 3.20. The van der Waals surface area contributed by atoms with E-state index in [9.17, 15) is 24.6 Å². The van der Waals surface area contributed by atoms with Crippen LogP contribution < -0.4 is 15.1 Å². The number of rotatable bonds is 5. The van der Waals surface area contributed by atoms with E-state index in [1.807, 2.05) is 35.2 Å². The van der Waals surface area contributed by atoms with Crippen molar-refractivity contribution in [1.29, 1.82) is 0 Å². The highest BCUT2D eigenvalue weighted by Gasteiger charge is 2.30. The fraction of sp³-hybridized carbons (Fsp3) is 0.227. The standard InChI is InChI=1S/C18H19ClN2O.C4H4O4/c1-20-12-11-17(13-20)21(16-5-3-2-4-6-16)18(22)14-7-9-15(19)10-8-14;5-3(6)1-2-4(7)8/h2-10,17H,11-13H2,1H3;1-2H,(H,5,6)(H,7,8)/p-2/b;2-1+. The van der Waals surface area contributed by atoms with Crippen molar-refractivity contribution in [2.45, 2.75) is 12.5 Å². The van der Waals surface area contributed by atoms with E-state index in [4.69, 9.17) is 11.6 Å². The van der Waals surface area contributed by atoms with E-state index >= 15 is 0 Å². The molecule has 0 aromatic heterocycles. The molecule has 0 bridgehead atoms. The molecule has 0 spiro atoms. The van der Waals surface area contributed by atoms with Gasteiger partial charge in [0.15, 0.2) is 0 Å². The minimum absolute atomic E-state index is 0.0307. The number of aliphatic carboxylic acids is 2. The van der Waals surface area contributed by atoms with Crippen LogP contribution in [-0.2, 0) is 9.59 Å². The van der Waals surface area contributed by atoms with Crippen LogP contribution in [0.2, 0.25) is 5.02 Å². The summed E-state index contributed by atoms with van der Waals surface area (Å²) in [6, 6.07) is 17.2. The highest BCUT2D eigenvalue weighted by molar-refractivity contribution is 6.30. The number of carboxylic acids is 2. The number of benzene rings is 2. The number of carboxylic acid groups (broad SMARTS) is 2. The van der Waals surface area contributed by atoms with E-state index in [0.29, 0.717) is 22.7 Å². The Kier molecular flexibility index (Phi) is 8.58. The van der Waals surface area contributed by atoms with Gasteiger partial charge in [-0.05, 0) is 68.6 Å². The first-order valence-corrected chi connectivity index (χ1v) is 9.58. The normalized spacial score (nSPS) is 16.0. The maximum Gasteiger partial charge on any atom is 0.258 e. The predicted molar refractivity (Wildman–Crippen MR) is 110 cm³/mol. The number of hydrogen-bond acceptors (Lipinski definition) is 6. The molecule has 8 heteroatoms. The minimum atomic E-state index is -1.55. The number of para-hydroxylation sites is 1. The minimum Gasteiger partial charge on any atom is -0.545 e. The highest BCUT2D eigenvalue weighted by Crippen LogP contribution is 2.25. The van der Waals surface area contributed by atoms with Gasteiger partial charge in [-0.15, -0.1) is 0 Å². The number of carbonyl (C=O) groups excluding carboxylic acids is 3. The molecule has 1 fully saturated rings. The lowest BCUT2D eigenvalue weighted by Gasteiger charge is -2.29. The number of amides is 1. The van der Waals surface area contributed by atoms with Gasteiger partial charge >= 0.3 is 0 Å². The van der Waals surface area contributed by atoms with Gasteiger partial charge < -0.3 is 29.6 Å². The molecule has 3 rings (SSSR count). The Morgan fingerprint density at radius 2 is 1.57 bits per heavy atom. The number of hydrogen-bond donors (Lipinski definition) is 0. The molecule has 1 saturated heterocycles. The lowest BCUT2D eigenvalue weighted by molar-refractivity contribution is -0.301. The second-order valence-electron chi connectivity index (χ2n) is 6.69. The van der Waals surface area contributed by atoms with Gasteiger partial charge in [0.2, 0.25) is 0 Å². The summed E-state index contributed by atoms with van der Waals surface area (Å²) in [5, 5.41) is 19.5. The number of anilines is 1.